The van der Waals surface area contributed by atoms with Crippen molar-refractivity contribution >= 4 is 17.4 Å². The fourth-order valence-electron chi connectivity index (χ4n) is 2.29. The van der Waals surface area contributed by atoms with Crippen LogP contribution in [-0.2, 0) is 6.42 Å². The molecule has 0 fully saturated rings. The van der Waals surface area contributed by atoms with Crippen LogP contribution < -0.4 is 11.2 Å². The molecule has 0 radical (unpaired) electrons. The van der Waals surface area contributed by atoms with E-state index in [0.29, 0.717) is 17.8 Å². The molecule has 134 valence electrons. The van der Waals surface area contributed by atoms with Crippen molar-refractivity contribution in [2.24, 2.45) is 5.10 Å². The molecule has 3 N–H and O–H groups in total. The predicted molar refractivity (Wildman–Crippen MR) is 91.5 cm³/mol. The molecule has 0 atom stereocenters. The van der Waals surface area contributed by atoms with Crippen LogP contribution in [0, 0.1) is 0 Å². The highest BCUT2D eigenvalue weighted by Crippen LogP contribution is 2.17. The first kappa shape index (κ1) is 17.2. The SMILES string of the molecule is CCCc1c(C(=O)NN=C(C)c2ccncc2)nnn1-c1nonc1N. The summed E-state index contributed by atoms with van der Waals surface area (Å²) in [6, 6.07) is 3.59. The Bertz CT molecular complexity index is 930. The van der Waals surface area contributed by atoms with Gasteiger partial charge in [-0.25, -0.2) is 10.1 Å². The van der Waals surface area contributed by atoms with Gasteiger partial charge in [0.2, 0.25) is 11.6 Å². The molecule has 26 heavy (non-hydrogen) atoms. The number of rotatable bonds is 6. The van der Waals surface area contributed by atoms with Crippen LogP contribution in [0.25, 0.3) is 5.82 Å². The number of nitrogens with zero attached hydrogens (tertiary/aromatic N) is 7. The van der Waals surface area contributed by atoms with Crippen molar-refractivity contribution in [3.63, 3.8) is 0 Å². The zero-order chi connectivity index (χ0) is 18.5. The third-order valence-corrected chi connectivity index (χ3v) is 3.58. The van der Waals surface area contributed by atoms with Crippen molar-refractivity contribution in [1.82, 2.24) is 35.7 Å². The molecule has 0 bridgehead atoms. The van der Waals surface area contributed by atoms with E-state index in [4.69, 9.17) is 5.73 Å². The van der Waals surface area contributed by atoms with Gasteiger partial charge in [0, 0.05) is 18.0 Å². The van der Waals surface area contributed by atoms with Gasteiger partial charge in [-0.05, 0) is 35.8 Å². The van der Waals surface area contributed by atoms with E-state index in [-0.39, 0.29) is 17.3 Å². The average Bonchev–Trinajstić information content (AvgIpc) is 3.26. The summed E-state index contributed by atoms with van der Waals surface area (Å²) >= 11 is 0. The third-order valence-electron chi connectivity index (χ3n) is 3.58. The lowest BCUT2D eigenvalue weighted by molar-refractivity contribution is 0.0948. The molecule has 0 aliphatic rings. The van der Waals surface area contributed by atoms with E-state index >= 15 is 0 Å². The fraction of sp³-hybridized carbons (Fsp3) is 0.267. The Hall–Kier alpha value is -3.63. The first-order valence-corrected chi connectivity index (χ1v) is 7.89. The Morgan fingerprint density at radius 3 is 2.77 bits per heavy atom. The number of nitrogens with two attached hydrogens (primary N) is 1. The molecule has 0 saturated heterocycles. The molecular formula is C15H17N9O2. The lowest BCUT2D eigenvalue weighted by Gasteiger charge is -2.04. The summed E-state index contributed by atoms with van der Waals surface area (Å²) in [6.45, 7) is 3.75. The number of aromatic nitrogens is 6. The second-order valence-electron chi connectivity index (χ2n) is 5.39. The Morgan fingerprint density at radius 1 is 1.35 bits per heavy atom. The molecule has 11 nitrogen and oxygen atoms in total. The van der Waals surface area contributed by atoms with E-state index in [1.165, 1.54) is 4.68 Å². The van der Waals surface area contributed by atoms with Crippen LogP contribution in [0.15, 0.2) is 34.3 Å². The Balaban J connectivity index is 1.86. The van der Waals surface area contributed by atoms with E-state index in [2.05, 4.69) is 40.8 Å². The summed E-state index contributed by atoms with van der Waals surface area (Å²) in [5.41, 5.74) is 10.4. The van der Waals surface area contributed by atoms with E-state index in [1.807, 2.05) is 6.92 Å². The normalized spacial score (nSPS) is 11.5. The van der Waals surface area contributed by atoms with Gasteiger partial charge in [0.05, 0.1) is 11.4 Å². The quantitative estimate of drug-likeness (QED) is 0.485. The monoisotopic (exact) mass is 355 g/mol. The van der Waals surface area contributed by atoms with E-state index in [0.717, 1.165) is 12.0 Å². The number of carbonyl (C=O) groups excluding carboxylic acids is 1. The van der Waals surface area contributed by atoms with Crippen LogP contribution in [-0.4, -0.2) is 41.9 Å². The lowest BCUT2D eigenvalue weighted by Crippen LogP contribution is -2.21. The van der Waals surface area contributed by atoms with Gasteiger partial charge in [0.15, 0.2) is 5.69 Å². The predicted octanol–water partition coefficient (Wildman–Crippen LogP) is 0.734. The minimum absolute atomic E-state index is 0.0609. The minimum Gasteiger partial charge on any atom is -0.378 e. The topological polar surface area (TPSA) is 150 Å². The van der Waals surface area contributed by atoms with Crippen LogP contribution in [0.3, 0.4) is 0 Å². The zero-order valence-electron chi connectivity index (χ0n) is 14.2. The number of nitrogens with one attached hydrogen (secondary N) is 1. The largest absolute Gasteiger partial charge is 0.378 e. The van der Waals surface area contributed by atoms with Gasteiger partial charge < -0.3 is 5.73 Å². The van der Waals surface area contributed by atoms with Gasteiger partial charge >= 0.3 is 0 Å². The lowest BCUT2D eigenvalue weighted by atomic mass is 10.2. The van der Waals surface area contributed by atoms with Crippen LogP contribution in [0.5, 0.6) is 0 Å². The molecule has 0 aliphatic carbocycles. The summed E-state index contributed by atoms with van der Waals surface area (Å²) in [5, 5.41) is 19.2. The maximum atomic E-state index is 12.5. The minimum atomic E-state index is -0.483. The average molecular weight is 355 g/mol. The highest BCUT2D eigenvalue weighted by molar-refractivity contribution is 6.00. The maximum Gasteiger partial charge on any atom is 0.293 e. The Morgan fingerprint density at radius 2 is 2.12 bits per heavy atom. The number of amides is 1. The summed E-state index contributed by atoms with van der Waals surface area (Å²) in [7, 11) is 0. The van der Waals surface area contributed by atoms with Crippen LogP contribution in [0.2, 0.25) is 0 Å². The highest BCUT2D eigenvalue weighted by atomic mass is 16.6. The first-order chi connectivity index (χ1) is 12.6. The Labute approximate surface area is 148 Å². The van der Waals surface area contributed by atoms with Gasteiger partial charge in [-0.15, -0.1) is 5.10 Å². The number of hydrazone groups is 1. The number of pyridine rings is 1. The summed E-state index contributed by atoms with van der Waals surface area (Å²) in [6.07, 6.45) is 4.60. The van der Waals surface area contributed by atoms with Gasteiger partial charge in [-0.1, -0.05) is 18.6 Å². The molecule has 0 aromatic carbocycles. The van der Waals surface area contributed by atoms with Gasteiger partial charge in [0.25, 0.3) is 5.91 Å². The van der Waals surface area contributed by atoms with Crippen LogP contribution >= 0.6 is 0 Å². The summed E-state index contributed by atoms with van der Waals surface area (Å²) in [4.78, 5) is 16.5. The van der Waals surface area contributed by atoms with Crippen molar-refractivity contribution in [2.75, 3.05) is 5.73 Å². The molecule has 3 aromatic rings. The van der Waals surface area contributed by atoms with Crippen molar-refractivity contribution in [3.05, 3.63) is 41.5 Å². The number of hydrogen-bond donors (Lipinski definition) is 2. The number of hydrogen-bond acceptors (Lipinski definition) is 9. The smallest absolute Gasteiger partial charge is 0.293 e. The van der Waals surface area contributed by atoms with E-state index < -0.39 is 5.91 Å². The molecule has 3 heterocycles. The molecule has 0 saturated carbocycles. The molecule has 3 rings (SSSR count). The fourth-order valence-corrected chi connectivity index (χ4v) is 2.29. The maximum absolute atomic E-state index is 12.5. The molecule has 0 spiro atoms. The van der Waals surface area contributed by atoms with Crippen LogP contribution in [0.4, 0.5) is 5.82 Å². The second-order valence-corrected chi connectivity index (χ2v) is 5.39. The highest BCUT2D eigenvalue weighted by Gasteiger charge is 2.23. The van der Waals surface area contributed by atoms with Gasteiger partial charge in [-0.3, -0.25) is 9.78 Å². The summed E-state index contributed by atoms with van der Waals surface area (Å²) in [5.74, 6) is -0.231. The molecular weight excluding hydrogens is 338 g/mol. The Kier molecular flexibility index (Phi) is 4.97. The number of nitrogen functional groups attached to an aromatic ring is 1. The van der Waals surface area contributed by atoms with Crippen molar-refractivity contribution in [1.29, 1.82) is 0 Å². The van der Waals surface area contributed by atoms with Crippen LogP contribution in [0.1, 0.15) is 42.0 Å². The zero-order valence-corrected chi connectivity index (χ0v) is 14.2. The summed E-state index contributed by atoms with van der Waals surface area (Å²) < 4.78 is 5.94. The molecule has 0 unspecified atom stereocenters. The first-order valence-electron chi connectivity index (χ1n) is 7.89. The molecule has 1 amide bonds. The molecule has 3 aromatic heterocycles. The van der Waals surface area contributed by atoms with Crippen molar-refractivity contribution in [3.8, 4) is 5.82 Å². The van der Waals surface area contributed by atoms with Crippen molar-refractivity contribution < 1.29 is 9.42 Å². The van der Waals surface area contributed by atoms with E-state index in [1.54, 1.807) is 31.5 Å². The van der Waals surface area contributed by atoms with Crippen molar-refractivity contribution in [2.45, 2.75) is 26.7 Å². The third kappa shape index (κ3) is 3.41. The second kappa shape index (κ2) is 7.51. The molecule has 0 aliphatic heterocycles. The standard InChI is InChI=1S/C15H17N9O2/c1-3-4-11-12(19-23-24(11)14-13(16)21-26-22-14)15(25)20-18-9(2)10-5-7-17-8-6-10/h5-8H,3-4H2,1-2H3,(H2,16,21)(H,20,25). The van der Waals surface area contributed by atoms with Gasteiger partial charge in [0.1, 0.15) is 0 Å². The number of anilines is 1. The molecule has 11 heteroatoms. The van der Waals surface area contributed by atoms with Gasteiger partial charge in [-0.2, -0.15) is 9.78 Å². The van der Waals surface area contributed by atoms with E-state index in [9.17, 15) is 4.79 Å². The number of carbonyl (C=O) groups is 1.